The van der Waals surface area contributed by atoms with Crippen LogP contribution in [0, 0.1) is 18.3 Å². The van der Waals surface area contributed by atoms with E-state index in [0.29, 0.717) is 31.1 Å². The number of nitrogens with zero attached hydrogens (tertiary/aromatic N) is 3. The topological polar surface area (TPSA) is 91.0 Å². The van der Waals surface area contributed by atoms with Crippen molar-refractivity contribution < 1.29 is 9.59 Å². The molecule has 2 atom stereocenters. The zero-order valence-electron chi connectivity index (χ0n) is 17.0. The minimum Gasteiger partial charge on any atom is -0.351 e. The molecule has 2 N–H and O–H groups in total. The Morgan fingerprint density at radius 1 is 1.30 bits per heavy atom. The Morgan fingerprint density at radius 3 is 2.59 bits per heavy atom. The van der Waals surface area contributed by atoms with Crippen molar-refractivity contribution in [1.82, 2.24) is 25.4 Å². The second-order valence-electron chi connectivity index (χ2n) is 8.97. The fourth-order valence-corrected chi connectivity index (χ4v) is 4.47. The standard InChI is InChI=1S/C20H33N5O2/c1-13(2)10-17(26)22-15-11-16(18-21-14(3)23-24-18)25(12-15)19(27)20(4)8-6-5-7-9-20/h13,15-16H,5-12H2,1-4H3,(H,22,26)(H,21,23,24)/t15-,16-/m0/s1. The second-order valence-corrected chi connectivity index (χ2v) is 8.97. The Labute approximate surface area is 161 Å². The number of likely N-dealkylation sites (tertiary alicyclic amines) is 1. The van der Waals surface area contributed by atoms with Crippen molar-refractivity contribution in [2.24, 2.45) is 11.3 Å². The number of carbonyl (C=O) groups is 2. The first-order chi connectivity index (χ1) is 12.8. The number of aromatic nitrogens is 3. The van der Waals surface area contributed by atoms with Crippen molar-refractivity contribution in [3.05, 3.63) is 11.6 Å². The van der Waals surface area contributed by atoms with Gasteiger partial charge in [0.25, 0.3) is 0 Å². The Bertz CT molecular complexity index is 678. The summed E-state index contributed by atoms with van der Waals surface area (Å²) in [6.07, 6.45) is 6.47. The van der Waals surface area contributed by atoms with Crippen molar-refractivity contribution in [3.8, 4) is 0 Å². The van der Waals surface area contributed by atoms with Crippen LogP contribution in [0.3, 0.4) is 0 Å². The summed E-state index contributed by atoms with van der Waals surface area (Å²) in [5, 5.41) is 10.3. The van der Waals surface area contributed by atoms with Crippen LogP contribution in [0.5, 0.6) is 0 Å². The first kappa shape index (κ1) is 19.8. The molecule has 1 aliphatic carbocycles. The summed E-state index contributed by atoms with van der Waals surface area (Å²) in [6.45, 7) is 8.57. The summed E-state index contributed by atoms with van der Waals surface area (Å²) in [5.41, 5.74) is -0.307. The molecule has 1 aromatic rings. The van der Waals surface area contributed by atoms with E-state index in [0.717, 1.165) is 31.5 Å². The fraction of sp³-hybridized carbons (Fsp3) is 0.800. The highest BCUT2D eigenvalue weighted by molar-refractivity contribution is 5.83. The maximum atomic E-state index is 13.5. The molecule has 7 heteroatoms. The van der Waals surface area contributed by atoms with Crippen LogP contribution in [0.4, 0.5) is 0 Å². The van der Waals surface area contributed by atoms with Gasteiger partial charge < -0.3 is 10.2 Å². The molecule has 0 spiro atoms. The van der Waals surface area contributed by atoms with Crippen molar-refractivity contribution in [1.29, 1.82) is 0 Å². The zero-order chi connectivity index (χ0) is 19.6. The summed E-state index contributed by atoms with van der Waals surface area (Å²) < 4.78 is 0. The van der Waals surface area contributed by atoms with E-state index in [1.54, 1.807) is 0 Å². The molecule has 3 rings (SSSR count). The van der Waals surface area contributed by atoms with Gasteiger partial charge in [-0.05, 0) is 32.1 Å². The largest absolute Gasteiger partial charge is 0.351 e. The third-order valence-electron chi connectivity index (χ3n) is 5.91. The normalized spacial score (nSPS) is 25.0. The van der Waals surface area contributed by atoms with Gasteiger partial charge in [0.2, 0.25) is 11.8 Å². The first-order valence-electron chi connectivity index (χ1n) is 10.3. The molecule has 2 amide bonds. The maximum Gasteiger partial charge on any atom is 0.229 e. The molecule has 1 aliphatic heterocycles. The van der Waals surface area contributed by atoms with Crippen LogP contribution < -0.4 is 5.32 Å². The number of aryl methyl sites for hydroxylation is 1. The molecule has 2 aliphatic rings. The van der Waals surface area contributed by atoms with Gasteiger partial charge >= 0.3 is 0 Å². The fourth-order valence-electron chi connectivity index (χ4n) is 4.47. The summed E-state index contributed by atoms with van der Waals surface area (Å²) in [5.74, 6) is 1.96. The smallest absolute Gasteiger partial charge is 0.229 e. The molecule has 0 aromatic carbocycles. The zero-order valence-corrected chi connectivity index (χ0v) is 17.0. The van der Waals surface area contributed by atoms with Crippen LogP contribution in [-0.4, -0.2) is 44.5 Å². The molecule has 0 unspecified atom stereocenters. The number of aromatic amines is 1. The van der Waals surface area contributed by atoms with Gasteiger partial charge in [-0.2, -0.15) is 5.10 Å². The van der Waals surface area contributed by atoms with Crippen molar-refractivity contribution in [2.75, 3.05) is 6.54 Å². The number of rotatable bonds is 5. The first-order valence-corrected chi connectivity index (χ1v) is 10.3. The highest BCUT2D eigenvalue weighted by Crippen LogP contribution is 2.41. The van der Waals surface area contributed by atoms with E-state index in [9.17, 15) is 9.59 Å². The average molecular weight is 376 g/mol. The number of carbonyl (C=O) groups excluding carboxylic acids is 2. The predicted molar refractivity (Wildman–Crippen MR) is 103 cm³/mol. The van der Waals surface area contributed by atoms with E-state index in [-0.39, 0.29) is 29.3 Å². The van der Waals surface area contributed by atoms with Crippen LogP contribution in [0.1, 0.15) is 83.4 Å². The summed E-state index contributed by atoms with van der Waals surface area (Å²) in [7, 11) is 0. The molecule has 0 radical (unpaired) electrons. The molecule has 2 fully saturated rings. The SMILES string of the molecule is Cc1nc([C@@H]2C[C@H](NC(=O)CC(C)C)CN2C(=O)C2(C)CCCCC2)n[nH]1. The van der Waals surface area contributed by atoms with Crippen LogP contribution in [-0.2, 0) is 9.59 Å². The van der Waals surface area contributed by atoms with Gasteiger partial charge in [0.15, 0.2) is 5.82 Å². The molecule has 0 bridgehead atoms. The number of hydrogen-bond donors (Lipinski definition) is 2. The Balaban J connectivity index is 1.78. The van der Waals surface area contributed by atoms with E-state index >= 15 is 0 Å². The van der Waals surface area contributed by atoms with Gasteiger partial charge in [0.05, 0.1) is 6.04 Å². The molecular weight excluding hydrogens is 342 g/mol. The lowest BCUT2D eigenvalue weighted by atomic mass is 9.74. The van der Waals surface area contributed by atoms with Gasteiger partial charge in [-0.1, -0.05) is 40.0 Å². The van der Waals surface area contributed by atoms with E-state index < -0.39 is 0 Å². The third kappa shape index (κ3) is 4.50. The minimum atomic E-state index is -0.307. The maximum absolute atomic E-state index is 13.5. The highest BCUT2D eigenvalue weighted by Gasteiger charge is 2.45. The molecular formula is C20H33N5O2. The Kier molecular flexibility index (Phi) is 5.86. The highest BCUT2D eigenvalue weighted by atomic mass is 16.2. The molecule has 1 aromatic heterocycles. The van der Waals surface area contributed by atoms with E-state index in [2.05, 4.69) is 27.4 Å². The molecule has 7 nitrogen and oxygen atoms in total. The monoisotopic (exact) mass is 375 g/mol. The number of nitrogens with one attached hydrogen (secondary N) is 2. The third-order valence-corrected chi connectivity index (χ3v) is 5.91. The quantitative estimate of drug-likeness (QED) is 0.828. The van der Waals surface area contributed by atoms with Crippen molar-refractivity contribution in [2.45, 2.75) is 84.7 Å². The Morgan fingerprint density at radius 2 is 2.00 bits per heavy atom. The predicted octanol–water partition coefficient (Wildman–Crippen LogP) is 2.89. The number of amides is 2. The van der Waals surface area contributed by atoms with Gasteiger partial charge in [0.1, 0.15) is 5.82 Å². The molecule has 150 valence electrons. The van der Waals surface area contributed by atoms with Crippen LogP contribution >= 0.6 is 0 Å². The van der Waals surface area contributed by atoms with Crippen LogP contribution in [0.2, 0.25) is 0 Å². The molecule has 1 saturated carbocycles. The lowest BCUT2D eigenvalue weighted by Gasteiger charge is -2.37. The van der Waals surface area contributed by atoms with Gasteiger partial charge in [-0.3, -0.25) is 14.7 Å². The Hall–Kier alpha value is -1.92. The van der Waals surface area contributed by atoms with Crippen molar-refractivity contribution in [3.63, 3.8) is 0 Å². The lowest BCUT2D eigenvalue weighted by Crippen LogP contribution is -2.45. The molecule has 27 heavy (non-hydrogen) atoms. The minimum absolute atomic E-state index is 0.0452. The number of hydrogen-bond acceptors (Lipinski definition) is 4. The van der Waals surface area contributed by atoms with Crippen LogP contribution in [0.25, 0.3) is 0 Å². The van der Waals surface area contributed by atoms with Gasteiger partial charge in [-0.15, -0.1) is 0 Å². The second kappa shape index (κ2) is 7.98. The van der Waals surface area contributed by atoms with Crippen LogP contribution in [0.15, 0.2) is 0 Å². The van der Waals surface area contributed by atoms with E-state index in [1.807, 2.05) is 25.7 Å². The molecule has 2 heterocycles. The lowest BCUT2D eigenvalue weighted by molar-refractivity contribution is -0.144. The summed E-state index contributed by atoms with van der Waals surface area (Å²) in [6, 6.07) is -0.221. The summed E-state index contributed by atoms with van der Waals surface area (Å²) >= 11 is 0. The van der Waals surface area contributed by atoms with Gasteiger partial charge in [-0.25, -0.2) is 4.98 Å². The van der Waals surface area contributed by atoms with Crippen molar-refractivity contribution >= 4 is 11.8 Å². The van der Waals surface area contributed by atoms with E-state index in [4.69, 9.17) is 0 Å². The average Bonchev–Trinajstić information content (AvgIpc) is 3.20. The van der Waals surface area contributed by atoms with Gasteiger partial charge in [0, 0.05) is 24.4 Å². The van der Waals surface area contributed by atoms with E-state index in [1.165, 1.54) is 6.42 Å². The molecule has 1 saturated heterocycles. The number of H-pyrrole nitrogens is 1. The summed E-state index contributed by atoms with van der Waals surface area (Å²) in [4.78, 5) is 32.1.